The summed E-state index contributed by atoms with van der Waals surface area (Å²) in [5.74, 6) is 0.276. The van der Waals surface area contributed by atoms with Crippen molar-refractivity contribution in [3.8, 4) is 5.75 Å². The minimum absolute atomic E-state index is 0.0264. The molecule has 0 aliphatic carbocycles. The van der Waals surface area contributed by atoms with Crippen LogP contribution in [0.3, 0.4) is 0 Å². The van der Waals surface area contributed by atoms with Crippen molar-refractivity contribution >= 4 is 0 Å². The van der Waals surface area contributed by atoms with Gasteiger partial charge in [0.15, 0.2) is 0 Å². The summed E-state index contributed by atoms with van der Waals surface area (Å²) in [6.45, 7) is 4.15. The molecule has 3 nitrogen and oxygen atoms in total. The zero-order valence-corrected chi connectivity index (χ0v) is 10.5. The summed E-state index contributed by atoms with van der Waals surface area (Å²) >= 11 is 0. The van der Waals surface area contributed by atoms with Crippen LogP contribution in [0.25, 0.3) is 0 Å². The lowest BCUT2D eigenvalue weighted by atomic mass is 10.1. The molecular weight excluding hydrogens is 238 g/mol. The molecule has 0 bridgehead atoms. The molecule has 2 rings (SSSR count). The first-order chi connectivity index (χ1) is 8.72. The Morgan fingerprint density at radius 2 is 2.06 bits per heavy atom. The van der Waals surface area contributed by atoms with E-state index in [2.05, 4.69) is 10.2 Å². The molecule has 1 fully saturated rings. The summed E-state index contributed by atoms with van der Waals surface area (Å²) in [5, 5.41) is 3.25. The fourth-order valence-electron chi connectivity index (χ4n) is 2.26. The molecule has 0 amide bonds. The van der Waals surface area contributed by atoms with Crippen molar-refractivity contribution in [1.82, 2.24) is 10.2 Å². The molecule has 0 aromatic heterocycles. The van der Waals surface area contributed by atoms with Gasteiger partial charge in [0, 0.05) is 32.7 Å². The van der Waals surface area contributed by atoms with Crippen molar-refractivity contribution in [3.63, 3.8) is 0 Å². The van der Waals surface area contributed by atoms with E-state index >= 15 is 0 Å². The Labute approximate surface area is 106 Å². The van der Waals surface area contributed by atoms with Crippen LogP contribution in [0, 0.1) is 0 Å². The Morgan fingerprint density at radius 3 is 2.67 bits per heavy atom. The molecule has 0 atom stereocenters. The average Bonchev–Trinajstić information content (AvgIpc) is 2.39. The summed E-state index contributed by atoms with van der Waals surface area (Å²) in [7, 11) is 1.43. The summed E-state index contributed by atoms with van der Waals surface area (Å²) in [6, 6.07) is 5.11. The zero-order valence-electron chi connectivity index (χ0n) is 10.5. The van der Waals surface area contributed by atoms with E-state index in [4.69, 9.17) is 4.74 Å². The van der Waals surface area contributed by atoms with Crippen LogP contribution in [0.15, 0.2) is 18.2 Å². The smallest absolute Gasteiger partial charge is 0.267 e. The number of nitrogens with zero attached hydrogens (tertiary/aromatic N) is 1. The molecule has 0 radical (unpaired) electrons. The summed E-state index contributed by atoms with van der Waals surface area (Å²) < 4.78 is 31.3. The second-order valence-electron chi connectivity index (χ2n) is 4.36. The normalized spacial score (nSPS) is 17.1. The Kier molecular flexibility index (Phi) is 4.49. The van der Waals surface area contributed by atoms with Gasteiger partial charge in [0.2, 0.25) is 0 Å². The number of alkyl halides is 2. The van der Waals surface area contributed by atoms with Crippen molar-refractivity contribution in [2.45, 2.75) is 13.0 Å². The van der Waals surface area contributed by atoms with Crippen LogP contribution in [0.1, 0.15) is 17.6 Å². The highest BCUT2D eigenvalue weighted by Gasteiger charge is 2.20. The molecule has 0 saturated carbocycles. The van der Waals surface area contributed by atoms with Crippen molar-refractivity contribution < 1.29 is 13.5 Å². The largest absolute Gasteiger partial charge is 0.496 e. The van der Waals surface area contributed by atoms with Gasteiger partial charge in [-0.3, -0.25) is 4.90 Å². The topological polar surface area (TPSA) is 24.5 Å². The highest BCUT2D eigenvalue weighted by Crippen LogP contribution is 2.32. The Balaban J connectivity index is 2.20. The lowest BCUT2D eigenvalue weighted by molar-refractivity contribution is 0.143. The predicted molar refractivity (Wildman–Crippen MR) is 66.1 cm³/mol. The molecule has 1 aromatic carbocycles. The Bertz CT molecular complexity index is 393. The van der Waals surface area contributed by atoms with Gasteiger partial charge in [-0.15, -0.1) is 0 Å². The van der Waals surface area contributed by atoms with Crippen LogP contribution in [-0.4, -0.2) is 38.2 Å². The highest BCUT2D eigenvalue weighted by atomic mass is 19.3. The number of methoxy groups -OCH3 is 1. The van der Waals surface area contributed by atoms with E-state index < -0.39 is 6.43 Å². The average molecular weight is 256 g/mol. The van der Waals surface area contributed by atoms with E-state index in [1.54, 1.807) is 18.2 Å². The van der Waals surface area contributed by atoms with E-state index in [-0.39, 0.29) is 11.3 Å². The first-order valence-electron chi connectivity index (χ1n) is 6.09. The molecule has 5 heteroatoms. The van der Waals surface area contributed by atoms with E-state index in [1.165, 1.54) is 7.11 Å². The number of benzene rings is 1. The van der Waals surface area contributed by atoms with Crippen molar-refractivity contribution in [1.29, 1.82) is 0 Å². The molecular formula is C13H18F2N2O. The Hall–Kier alpha value is -1.20. The maximum atomic E-state index is 13.1. The lowest BCUT2D eigenvalue weighted by Gasteiger charge is -2.28. The van der Waals surface area contributed by atoms with Gasteiger partial charge in [-0.25, -0.2) is 8.78 Å². The maximum Gasteiger partial charge on any atom is 0.267 e. The van der Waals surface area contributed by atoms with E-state index in [1.807, 2.05) is 0 Å². The SMILES string of the molecule is COc1cccc(CN2CCNCC2)c1C(F)F. The van der Waals surface area contributed by atoms with E-state index in [9.17, 15) is 8.78 Å². The minimum atomic E-state index is -2.50. The minimum Gasteiger partial charge on any atom is -0.496 e. The van der Waals surface area contributed by atoms with Gasteiger partial charge < -0.3 is 10.1 Å². The van der Waals surface area contributed by atoms with Gasteiger partial charge in [0.25, 0.3) is 6.43 Å². The molecule has 0 spiro atoms. The Morgan fingerprint density at radius 1 is 1.33 bits per heavy atom. The third-order valence-corrected chi connectivity index (χ3v) is 3.20. The monoisotopic (exact) mass is 256 g/mol. The van der Waals surface area contributed by atoms with Crippen LogP contribution >= 0.6 is 0 Å². The number of hydrogen-bond donors (Lipinski definition) is 1. The second-order valence-corrected chi connectivity index (χ2v) is 4.36. The molecule has 1 aliphatic heterocycles. The first-order valence-corrected chi connectivity index (χ1v) is 6.09. The molecule has 1 N–H and O–H groups in total. The van der Waals surface area contributed by atoms with Gasteiger partial charge in [-0.2, -0.15) is 0 Å². The molecule has 1 saturated heterocycles. The molecule has 18 heavy (non-hydrogen) atoms. The number of nitrogens with one attached hydrogen (secondary N) is 1. The fraction of sp³-hybridized carbons (Fsp3) is 0.538. The molecule has 0 unspecified atom stereocenters. The number of ether oxygens (including phenoxy) is 1. The van der Waals surface area contributed by atoms with Crippen LogP contribution in [0.5, 0.6) is 5.75 Å². The van der Waals surface area contributed by atoms with Crippen LogP contribution in [0.2, 0.25) is 0 Å². The second kappa shape index (κ2) is 6.11. The molecule has 1 aliphatic rings. The third-order valence-electron chi connectivity index (χ3n) is 3.20. The van der Waals surface area contributed by atoms with Crippen molar-refractivity contribution in [2.24, 2.45) is 0 Å². The lowest BCUT2D eigenvalue weighted by Crippen LogP contribution is -2.43. The van der Waals surface area contributed by atoms with Gasteiger partial charge >= 0.3 is 0 Å². The fourth-order valence-corrected chi connectivity index (χ4v) is 2.26. The third kappa shape index (κ3) is 2.97. The van der Waals surface area contributed by atoms with Gasteiger partial charge in [-0.05, 0) is 11.6 Å². The standard InChI is InChI=1S/C13H18F2N2O/c1-18-11-4-2-3-10(12(11)13(14)15)9-17-7-5-16-6-8-17/h2-4,13,16H,5-9H2,1H3. The van der Waals surface area contributed by atoms with Crippen LogP contribution in [0.4, 0.5) is 8.78 Å². The van der Waals surface area contributed by atoms with Gasteiger partial charge in [-0.1, -0.05) is 12.1 Å². The summed E-state index contributed by atoms with van der Waals surface area (Å²) in [4.78, 5) is 2.18. The quantitative estimate of drug-likeness (QED) is 0.892. The highest BCUT2D eigenvalue weighted by molar-refractivity contribution is 5.41. The number of halogens is 2. The predicted octanol–water partition coefficient (Wildman–Crippen LogP) is 2.04. The summed E-state index contributed by atoms with van der Waals surface area (Å²) in [6.07, 6.45) is -2.50. The van der Waals surface area contributed by atoms with Crippen LogP contribution < -0.4 is 10.1 Å². The number of hydrogen-bond acceptors (Lipinski definition) is 3. The molecule has 100 valence electrons. The molecule has 1 heterocycles. The number of rotatable bonds is 4. The van der Waals surface area contributed by atoms with E-state index in [0.29, 0.717) is 12.1 Å². The number of piperazine rings is 1. The van der Waals surface area contributed by atoms with Crippen molar-refractivity contribution in [3.05, 3.63) is 29.3 Å². The van der Waals surface area contributed by atoms with Crippen molar-refractivity contribution in [2.75, 3.05) is 33.3 Å². The first kappa shape index (κ1) is 13.2. The van der Waals surface area contributed by atoms with Gasteiger partial charge in [0.05, 0.1) is 12.7 Å². The maximum absolute atomic E-state index is 13.1. The zero-order chi connectivity index (χ0) is 13.0. The molecule has 1 aromatic rings. The summed E-state index contributed by atoms with van der Waals surface area (Å²) in [5.41, 5.74) is 0.685. The van der Waals surface area contributed by atoms with E-state index in [0.717, 1.165) is 26.2 Å². The van der Waals surface area contributed by atoms with Crippen LogP contribution in [-0.2, 0) is 6.54 Å². The van der Waals surface area contributed by atoms with Gasteiger partial charge in [0.1, 0.15) is 5.75 Å².